The van der Waals surface area contributed by atoms with Gasteiger partial charge in [0.15, 0.2) is 0 Å². The van der Waals surface area contributed by atoms with Crippen molar-refractivity contribution in [2.75, 3.05) is 18.0 Å². The molecular weight excluding hydrogens is 182 g/mol. The lowest BCUT2D eigenvalue weighted by atomic mass is 9.90. The number of hydrogen-bond acceptors (Lipinski definition) is 1. The fourth-order valence-corrected chi connectivity index (χ4v) is 2.89. The average Bonchev–Trinajstić information content (AvgIpc) is 2.29. The van der Waals surface area contributed by atoms with Crippen LogP contribution in [-0.4, -0.2) is 13.1 Å². The van der Waals surface area contributed by atoms with Crippen molar-refractivity contribution in [3.05, 3.63) is 28.8 Å². The maximum Gasteiger partial charge on any atom is 0.0432 e. The van der Waals surface area contributed by atoms with Gasteiger partial charge < -0.3 is 4.90 Å². The Morgan fingerprint density at radius 3 is 2.20 bits per heavy atom. The molecule has 2 heterocycles. The van der Waals surface area contributed by atoms with E-state index in [4.69, 9.17) is 6.42 Å². The van der Waals surface area contributed by atoms with E-state index in [0.29, 0.717) is 0 Å². The Morgan fingerprint density at radius 1 is 1.07 bits per heavy atom. The summed E-state index contributed by atoms with van der Waals surface area (Å²) in [5.74, 6) is 2.77. The lowest BCUT2D eigenvalue weighted by Crippen LogP contribution is -2.34. The predicted molar refractivity (Wildman–Crippen MR) is 63.2 cm³/mol. The Labute approximate surface area is 91.1 Å². The summed E-state index contributed by atoms with van der Waals surface area (Å²) >= 11 is 0. The minimum Gasteiger partial charge on any atom is -0.371 e. The van der Waals surface area contributed by atoms with Crippen molar-refractivity contribution in [1.29, 1.82) is 0 Å². The lowest BCUT2D eigenvalue weighted by Gasteiger charge is -2.37. The molecular formula is C14H15N. The van der Waals surface area contributed by atoms with Crippen molar-refractivity contribution in [1.82, 2.24) is 0 Å². The molecule has 0 aromatic heterocycles. The highest BCUT2D eigenvalue weighted by molar-refractivity contribution is 5.65. The molecule has 0 bridgehead atoms. The number of hydrogen-bond donors (Lipinski definition) is 0. The van der Waals surface area contributed by atoms with Crippen LogP contribution in [0.15, 0.2) is 12.1 Å². The predicted octanol–water partition coefficient (Wildman–Crippen LogP) is 2.37. The minimum atomic E-state index is 1.06. The van der Waals surface area contributed by atoms with Gasteiger partial charge in [0.2, 0.25) is 0 Å². The number of anilines is 1. The monoisotopic (exact) mass is 197 g/mol. The van der Waals surface area contributed by atoms with Gasteiger partial charge in [-0.2, -0.15) is 0 Å². The molecule has 2 aliphatic heterocycles. The summed E-state index contributed by atoms with van der Waals surface area (Å²) in [7, 11) is 0. The van der Waals surface area contributed by atoms with Gasteiger partial charge in [-0.15, -0.1) is 6.42 Å². The molecule has 1 aromatic carbocycles. The molecule has 0 saturated carbocycles. The Hall–Kier alpha value is -1.42. The van der Waals surface area contributed by atoms with Crippen LogP contribution in [0.1, 0.15) is 29.5 Å². The summed E-state index contributed by atoms with van der Waals surface area (Å²) in [5.41, 5.74) is 5.52. The molecule has 0 fully saturated rings. The second-order valence-corrected chi connectivity index (χ2v) is 4.48. The van der Waals surface area contributed by atoms with Gasteiger partial charge >= 0.3 is 0 Å². The lowest BCUT2D eigenvalue weighted by molar-refractivity contribution is 0.634. The van der Waals surface area contributed by atoms with Gasteiger partial charge in [0.25, 0.3) is 0 Å². The van der Waals surface area contributed by atoms with Gasteiger partial charge in [-0.05, 0) is 48.9 Å². The van der Waals surface area contributed by atoms with Crippen LogP contribution in [0.2, 0.25) is 0 Å². The summed E-state index contributed by atoms with van der Waals surface area (Å²) in [6.07, 6.45) is 10.5. The summed E-state index contributed by atoms with van der Waals surface area (Å²) < 4.78 is 0. The first kappa shape index (κ1) is 8.85. The third-order valence-electron chi connectivity index (χ3n) is 3.50. The molecule has 15 heavy (non-hydrogen) atoms. The van der Waals surface area contributed by atoms with E-state index in [1.807, 2.05) is 0 Å². The van der Waals surface area contributed by atoms with Crippen LogP contribution >= 0.6 is 0 Å². The smallest absolute Gasteiger partial charge is 0.0432 e. The van der Waals surface area contributed by atoms with Crippen LogP contribution in [0.5, 0.6) is 0 Å². The SMILES string of the molecule is C#Cc1cc2c3c(c1)CCCN3CCC2. The Balaban J connectivity index is 2.20. The summed E-state index contributed by atoms with van der Waals surface area (Å²) in [6.45, 7) is 2.46. The van der Waals surface area contributed by atoms with Gasteiger partial charge in [-0.25, -0.2) is 0 Å². The normalized spacial score (nSPS) is 18.2. The molecule has 1 nitrogen and oxygen atoms in total. The highest BCUT2D eigenvalue weighted by Crippen LogP contribution is 2.35. The van der Waals surface area contributed by atoms with E-state index >= 15 is 0 Å². The molecule has 1 aromatic rings. The number of terminal acetylenes is 1. The topological polar surface area (TPSA) is 3.24 Å². The van der Waals surface area contributed by atoms with E-state index in [0.717, 1.165) is 5.56 Å². The molecule has 0 aliphatic carbocycles. The van der Waals surface area contributed by atoms with Crippen molar-refractivity contribution < 1.29 is 0 Å². The van der Waals surface area contributed by atoms with E-state index in [1.54, 1.807) is 0 Å². The molecule has 2 aliphatic rings. The molecule has 0 spiro atoms. The number of aryl methyl sites for hydroxylation is 2. The molecule has 0 atom stereocenters. The van der Waals surface area contributed by atoms with Gasteiger partial charge in [0, 0.05) is 24.3 Å². The zero-order chi connectivity index (χ0) is 10.3. The Bertz CT molecular complexity index is 408. The summed E-state index contributed by atoms with van der Waals surface area (Å²) in [5, 5.41) is 0. The quantitative estimate of drug-likeness (QED) is 0.577. The summed E-state index contributed by atoms with van der Waals surface area (Å²) in [4.78, 5) is 2.54. The van der Waals surface area contributed by atoms with Crippen molar-refractivity contribution in [3.8, 4) is 12.3 Å². The molecule has 0 radical (unpaired) electrons. The van der Waals surface area contributed by atoms with Crippen molar-refractivity contribution in [2.45, 2.75) is 25.7 Å². The minimum absolute atomic E-state index is 1.06. The molecule has 0 saturated heterocycles. The van der Waals surface area contributed by atoms with Crippen LogP contribution in [0.4, 0.5) is 5.69 Å². The van der Waals surface area contributed by atoms with Crippen LogP contribution < -0.4 is 4.90 Å². The zero-order valence-corrected chi connectivity index (χ0v) is 8.92. The van der Waals surface area contributed by atoms with E-state index in [1.165, 1.54) is 55.6 Å². The van der Waals surface area contributed by atoms with E-state index in [9.17, 15) is 0 Å². The maximum atomic E-state index is 5.50. The van der Waals surface area contributed by atoms with Gasteiger partial charge in [0.05, 0.1) is 0 Å². The van der Waals surface area contributed by atoms with Crippen molar-refractivity contribution in [3.63, 3.8) is 0 Å². The van der Waals surface area contributed by atoms with Gasteiger partial charge in [-0.3, -0.25) is 0 Å². The van der Waals surface area contributed by atoms with Crippen LogP contribution in [0.3, 0.4) is 0 Å². The third-order valence-corrected chi connectivity index (χ3v) is 3.50. The highest BCUT2D eigenvalue weighted by atomic mass is 15.1. The molecule has 76 valence electrons. The largest absolute Gasteiger partial charge is 0.371 e. The number of nitrogens with zero attached hydrogens (tertiary/aromatic N) is 1. The summed E-state index contributed by atoms with van der Waals surface area (Å²) in [6, 6.07) is 4.41. The fourth-order valence-electron chi connectivity index (χ4n) is 2.89. The fraction of sp³-hybridized carbons (Fsp3) is 0.429. The Kier molecular flexibility index (Phi) is 1.95. The zero-order valence-electron chi connectivity index (χ0n) is 8.92. The Morgan fingerprint density at radius 2 is 1.67 bits per heavy atom. The third kappa shape index (κ3) is 1.33. The van der Waals surface area contributed by atoms with Crippen molar-refractivity contribution >= 4 is 5.69 Å². The van der Waals surface area contributed by atoms with Gasteiger partial charge in [0.1, 0.15) is 0 Å². The van der Waals surface area contributed by atoms with E-state index < -0.39 is 0 Å². The first-order valence-electron chi connectivity index (χ1n) is 5.76. The molecule has 0 N–H and O–H groups in total. The second kappa shape index (κ2) is 3.31. The number of rotatable bonds is 0. The molecule has 0 amide bonds. The first-order chi connectivity index (χ1) is 7.38. The average molecular weight is 197 g/mol. The standard InChI is InChI=1S/C14H15N/c1-2-11-9-12-5-3-7-15-8-4-6-13(10-11)14(12)15/h1,9-10H,3-8H2. The van der Waals surface area contributed by atoms with Crippen LogP contribution in [-0.2, 0) is 12.8 Å². The molecule has 1 heteroatoms. The maximum absolute atomic E-state index is 5.50. The highest BCUT2D eigenvalue weighted by Gasteiger charge is 2.23. The van der Waals surface area contributed by atoms with Crippen molar-refractivity contribution in [2.24, 2.45) is 0 Å². The van der Waals surface area contributed by atoms with E-state index in [-0.39, 0.29) is 0 Å². The van der Waals surface area contributed by atoms with Crippen LogP contribution in [0, 0.1) is 12.3 Å². The second-order valence-electron chi connectivity index (χ2n) is 4.48. The van der Waals surface area contributed by atoms with E-state index in [2.05, 4.69) is 23.0 Å². The first-order valence-corrected chi connectivity index (χ1v) is 5.76. The van der Waals surface area contributed by atoms with Gasteiger partial charge in [-0.1, -0.05) is 5.92 Å². The number of benzene rings is 1. The molecule has 0 unspecified atom stereocenters. The molecule has 3 rings (SSSR count). The van der Waals surface area contributed by atoms with Crippen LogP contribution in [0.25, 0.3) is 0 Å².